The van der Waals surface area contributed by atoms with E-state index in [0.29, 0.717) is 6.54 Å². The number of nitrogens with zero attached hydrogens (tertiary/aromatic N) is 2. The average Bonchev–Trinajstić information content (AvgIpc) is 2.63. The van der Waals surface area contributed by atoms with Gasteiger partial charge in [-0.3, -0.25) is 0 Å². The van der Waals surface area contributed by atoms with Gasteiger partial charge in [0.2, 0.25) is 0 Å². The molecule has 0 saturated heterocycles. The van der Waals surface area contributed by atoms with Gasteiger partial charge in [-0.15, -0.1) is 0 Å². The molecule has 5 heteroatoms. The molecule has 0 spiro atoms. The summed E-state index contributed by atoms with van der Waals surface area (Å²) in [5, 5.41) is 6.76. The lowest BCUT2D eigenvalue weighted by Crippen LogP contribution is -2.05. The fourth-order valence-electron chi connectivity index (χ4n) is 2.67. The summed E-state index contributed by atoms with van der Waals surface area (Å²) in [6.07, 6.45) is 0. The van der Waals surface area contributed by atoms with Crippen molar-refractivity contribution in [3.63, 3.8) is 0 Å². The molecule has 0 unspecified atom stereocenters. The molecule has 0 saturated carbocycles. The monoisotopic (exact) mass is 348 g/mol. The number of anilines is 3. The second-order valence-electron chi connectivity index (χ2n) is 6.33. The van der Waals surface area contributed by atoms with E-state index < -0.39 is 0 Å². The van der Waals surface area contributed by atoms with Crippen LogP contribution in [0.1, 0.15) is 22.5 Å². The fourth-order valence-corrected chi connectivity index (χ4v) is 2.67. The topological polar surface area (TPSA) is 59.1 Å². The van der Waals surface area contributed by atoms with Gasteiger partial charge in [-0.2, -0.15) is 0 Å². The maximum absolute atomic E-state index is 5.19. The lowest BCUT2D eigenvalue weighted by molar-refractivity contribution is 0.414. The van der Waals surface area contributed by atoms with Crippen LogP contribution in [0, 0.1) is 20.8 Å². The number of aromatic nitrogens is 2. The molecule has 0 aliphatic rings. The summed E-state index contributed by atoms with van der Waals surface area (Å²) in [5.74, 6) is 3.15. The number of hydrogen-bond donors (Lipinski definition) is 2. The summed E-state index contributed by atoms with van der Waals surface area (Å²) in [4.78, 5) is 8.98. The molecule has 0 amide bonds. The van der Waals surface area contributed by atoms with Crippen LogP contribution in [0.2, 0.25) is 0 Å². The second kappa shape index (κ2) is 7.87. The lowest BCUT2D eigenvalue weighted by atomic mass is 10.1. The van der Waals surface area contributed by atoms with E-state index in [-0.39, 0.29) is 0 Å². The first-order chi connectivity index (χ1) is 12.5. The van der Waals surface area contributed by atoms with Gasteiger partial charge in [0.25, 0.3) is 0 Å². The van der Waals surface area contributed by atoms with Crippen LogP contribution < -0.4 is 15.4 Å². The van der Waals surface area contributed by atoms with Crippen molar-refractivity contribution in [2.75, 3.05) is 17.7 Å². The molecule has 3 aromatic rings. The Hall–Kier alpha value is -3.08. The average molecular weight is 348 g/mol. The highest BCUT2D eigenvalue weighted by Gasteiger charge is 2.05. The molecule has 5 nitrogen and oxygen atoms in total. The van der Waals surface area contributed by atoms with E-state index in [1.54, 1.807) is 7.11 Å². The molecule has 0 bridgehead atoms. The number of aryl methyl sites for hydroxylation is 3. The van der Waals surface area contributed by atoms with Crippen LogP contribution in [0.3, 0.4) is 0 Å². The Morgan fingerprint density at radius 3 is 2.35 bits per heavy atom. The van der Waals surface area contributed by atoms with Crippen LogP contribution in [-0.2, 0) is 6.54 Å². The van der Waals surface area contributed by atoms with Gasteiger partial charge in [-0.1, -0.05) is 24.3 Å². The van der Waals surface area contributed by atoms with Crippen LogP contribution in [0.15, 0.2) is 48.5 Å². The molecule has 0 aliphatic heterocycles. The van der Waals surface area contributed by atoms with Crippen LogP contribution in [0.5, 0.6) is 5.75 Å². The molecule has 0 radical (unpaired) electrons. The van der Waals surface area contributed by atoms with Crippen LogP contribution in [0.4, 0.5) is 17.3 Å². The van der Waals surface area contributed by atoms with Crippen molar-refractivity contribution >= 4 is 17.3 Å². The number of hydrogen-bond acceptors (Lipinski definition) is 5. The Balaban J connectivity index is 1.73. The third kappa shape index (κ3) is 4.51. The zero-order chi connectivity index (χ0) is 18.5. The van der Waals surface area contributed by atoms with Crippen molar-refractivity contribution in [2.45, 2.75) is 27.3 Å². The molecule has 3 rings (SSSR count). The quantitative estimate of drug-likeness (QED) is 0.672. The summed E-state index contributed by atoms with van der Waals surface area (Å²) < 4.78 is 5.19. The van der Waals surface area contributed by atoms with Crippen molar-refractivity contribution < 1.29 is 4.74 Å². The second-order valence-corrected chi connectivity index (χ2v) is 6.33. The molecule has 0 aliphatic carbocycles. The Labute approximate surface area is 154 Å². The van der Waals surface area contributed by atoms with E-state index in [1.807, 2.05) is 37.3 Å². The van der Waals surface area contributed by atoms with Crippen LogP contribution in [-0.4, -0.2) is 17.1 Å². The molecular weight excluding hydrogens is 324 g/mol. The minimum atomic E-state index is 0.684. The van der Waals surface area contributed by atoms with E-state index in [0.717, 1.165) is 34.5 Å². The molecule has 0 fully saturated rings. The lowest BCUT2D eigenvalue weighted by Gasteiger charge is -2.12. The minimum Gasteiger partial charge on any atom is -0.497 e. The number of rotatable bonds is 6. The first-order valence-corrected chi connectivity index (χ1v) is 8.60. The Morgan fingerprint density at radius 2 is 1.62 bits per heavy atom. The molecule has 1 heterocycles. The maximum atomic E-state index is 5.19. The van der Waals surface area contributed by atoms with Crippen molar-refractivity contribution in [2.24, 2.45) is 0 Å². The highest BCUT2D eigenvalue weighted by Crippen LogP contribution is 2.22. The minimum absolute atomic E-state index is 0.684. The van der Waals surface area contributed by atoms with Crippen molar-refractivity contribution in [1.29, 1.82) is 0 Å². The zero-order valence-electron chi connectivity index (χ0n) is 15.6. The van der Waals surface area contributed by atoms with E-state index >= 15 is 0 Å². The first-order valence-electron chi connectivity index (χ1n) is 8.60. The summed E-state index contributed by atoms with van der Waals surface area (Å²) >= 11 is 0. The normalized spacial score (nSPS) is 10.5. The van der Waals surface area contributed by atoms with Crippen molar-refractivity contribution in [1.82, 2.24) is 9.97 Å². The van der Waals surface area contributed by atoms with Gasteiger partial charge in [0.15, 0.2) is 0 Å². The molecule has 134 valence electrons. The van der Waals surface area contributed by atoms with Gasteiger partial charge in [-0.05, 0) is 55.7 Å². The summed E-state index contributed by atoms with van der Waals surface area (Å²) in [6, 6.07) is 16.2. The predicted octanol–water partition coefficient (Wildman–Crippen LogP) is 4.77. The van der Waals surface area contributed by atoms with Gasteiger partial charge in [0.05, 0.1) is 7.11 Å². The number of nitrogens with one attached hydrogen (secondary N) is 2. The van der Waals surface area contributed by atoms with Crippen molar-refractivity contribution in [3.8, 4) is 5.75 Å². The van der Waals surface area contributed by atoms with Gasteiger partial charge in [0, 0.05) is 18.3 Å². The Bertz CT molecular complexity index is 891. The van der Waals surface area contributed by atoms with Crippen LogP contribution in [0.25, 0.3) is 0 Å². The molecule has 26 heavy (non-hydrogen) atoms. The van der Waals surface area contributed by atoms with E-state index in [2.05, 4.69) is 52.6 Å². The van der Waals surface area contributed by atoms with Gasteiger partial charge >= 0.3 is 0 Å². The highest BCUT2D eigenvalue weighted by molar-refractivity contribution is 5.63. The predicted molar refractivity (Wildman–Crippen MR) is 106 cm³/mol. The molecule has 0 atom stereocenters. The SMILES string of the molecule is COc1ccc(CNc2cc(Nc3cc(C)ccc3C)nc(C)n2)cc1. The van der Waals surface area contributed by atoms with Gasteiger partial charge in [-0.25, -0.2) is 9.97 Å². The zero-order valence-corrected chi connectivity index (χ0v) is 15.6. The number of ether oxygens (including phenoxy) is 1. The third-order valence-corrected chi connectivity index (χ3v) is 4.13. The number of benzene rings is 2. The number of methoxy groups -OCH3 is 1. The Kier molecular flexibility index (Phi) is 5.37. The summed E-state index contributed by atoms with van der Waals surface area (Å²) in [7, 11) is 1.67. The molecule has 2 N–H and O–H groups in total. The summed E-state index contributed by atoms with van der Waals surface area (Å²) in [5.41, 5.74) is 4.61. The first kappa shape index (κ1) is 17.7. The van der Waals surface area contributed by atoms with Crippen molar-refractivity contribution in [3.05, 3.63) is 71.0 Å². The van der Waals surface area contributed by atoms with E-state index in [4.69, 9.17) is 4.74 Å². The smallest absolute Gasteiger partial charge is 0.136 e. The Morgan fingerprint density at radius 1 is 0.885 bits per heavy atom. The largest absolute Gasteiger partial charge is 0.497 e. The van der Waals surface area contributed by atoms with Gasteiger partial charge < -0.3 is 15.4 Å². The van der Waals surface area contributed by atoms with Crippen LogP contribution >= 0.6 is 0 Å². The molecule has 2 aromatic carbocycles. The maximum Gasteiger partial charge on any atom is 0.136 e. The third-order valence-electron chi connectivity index (χ3n) is 4.13. The van der Waals surface area contributed by atoms with E-state index in [9.17, 15) is 0 Å². The highest BCUT2D eigenvalue weighted by atomic mass is 16.5. The fraction of sp³-hybridized carbons (Fsp3) is 0.238. The summed E-state index contributed by atoms with van der Waals surface area (Å²) in [6.45, 7) is 6.74. The van der Waals surface area contributed by atoms with E-state index in [1.165, 1.54) is 11.1 Å². The van der Waals surface area contributed by atoms with Gasteiger partial charge in [0.1, 0.15) is 23.2 Å². The standard InChI is InChI=1S/C21H24N4O/c1-14-5-6-15(2)19(11-14)25-21-12-20(23-16(3)24-21)22-13-17-7-9-18(26-4)10-8-17/h5-12H,13H2,1-4H3,(H2,22,23,24,25). The molecular formula is C21H24N4O. The molecule has 1 aromatic heterocycles.